The van der Waals surface area contributed by atoms with Crippen molar-refractivity contribution in [2.75, 3.05) is 26.7 Å². The van der Waals surface area contributed by atoms with Crippen LogP contribution in [0.1, 0.15) is 86.8 Å². The maximum atomic E-state index is 12.4. The van der Waals surface area contributed by atoms with Gasteiger partial charge in [-0.05, 0) is 77.6 Å². The molecule has 38 heavy (non-hydrogen) atoms. The van der Waals surface area contributed by atoms with E-state index in [4.69, 9.17) is 9.72 Å². The predicted molar refractivity (Wildman–Crippen MR) is 144 cm³/mol. The van der Waals surface area contributed by atoms with Gasteiger partial charge in [-0.1, -0.05) is 0 Å². The first-order chi connectivity index (χ1) is 18.3. The van der Waals surface area contributed by atoms with Crippen molar-refractivity contribution in [2.24, 2.45) is 5.92 Å². The van der Waals surface area contributed by atoms with E-state index in [0.29, 0.717) is 18.2 Å². The van der Waals surface area contributed by atoms with Crippen molar-refractivity contribution in [3.05, 3.63) is 47.7 Å². The Labute approximate surface area is 223 Å². The predicted octanol–water partition coefficient (Wildman–Crippen LogP) is 3.56. The Bertz CT molecular complexity index is 1220. The van der Waals surface area contributed by atoms with Crippen molar-refractivity contribution in [3.63, 3.8) is 0 Å². The molecule has 0 bridgehead atoms. The molecule has 1 aliphatic carbocycles. The smallest absolute Gasteiger partial charge is 0.317 e. The summed E-state index contributed by atoms with van der Waals surface area (Å²) in [4.78, 5) is 29.5. The highest BCUT2D eigenvalue weighted by molar-refractivity contribution is 5.75. The van der Waals surface area contributed by atoms with Crippen molar-refractivity contribution in [1.82, 2.24) is 39.9 Å². The zero-order valence-electron chi connectivity index (χ0n) is 23.0. The zero-order valence-corrected chi connectivity index (χ0v) is 23.0. The molecule has 11 nitrogen and oxygen atoms in total. The zero-order chi connectivity index (χ0) is 27.2. The molecule has 0 radical (unpaired) electrons. The maximum absolute atomic E-state index is 12.4. The van der Waals surface area contributed by atoms with E-state index in [1.54, 1.807) is 21.5 Å². The van der Waals surface area contributed by atoms with Crippen LogP contribution in [0.4, 0.5) is 4.79 Å². The summed E-state index contributed by atoms with van der Waals surface area (Å²) in [6.07, 6.45) is 9.76. The van der Waals surface area contributed by atoms with Crippen LogP contribution in [0.15, 0.2) is 30.7 Å². The summed E-state index contributed by atoms with van der Waals surface area (Å²) >= 11 is 0. The highest BCUT2D eigenvalue weighted by Crippen LogP contribution is 2.45. The summed E-state index contributed by atoms with van der Waals surface area (Å²) in [5.41, 5.74) is 3.42. The first-order valence-electron chi connectivity index (χ1n) is 13.5. The number of amides is 2. The lowest BCUT2D eigenvalue weighted by atomic mass is 10.0. The molecule has 2 N–H and O–H groups in total. The fourth-order valence-corrected chi connectivity index (χ4v) is 4.73. The highest BCUT2D eigenvalue weighted by Gasteiger charge is 2.39. The van der Waals surface area contributed by atoms with Crippen LogP contribution >= 0.6 is 0 Å². The summed E-state index contributed by atoms with van der Waals surface area (Å²) in [6.45, 7) is 10.1. The van der Waals surface area contributed by atoms with Crippen LogP contribution in [0.2, 0.25) is 0 Å². The maximum Gasteiger partial charge on any atom is 0.317 e. The van der Waals surface area contributed by atoms with Gasteiger partial charge in [0.25, 0.3) is 0 Å². The molecule has 206 valence electrons. The topological polar surface area (TPSA) is 119 Å². The number of urea groups is 1. The molecule has 1 saturated carbocycles. The lowest BCUT2D eigenvalue weighted by Crippen LogP contribution is -2.48. The second-order valence-corrected chi connectivity index (χ2v) is 10.5. The minimum absolute atomic E-state index is 0.0136. The number of ether oxygens (including phenoxy) is 1. The Morgan fingerprint density at radius 1 is 1.24 bits per heavy atom. The Morgan fingerprint density at radius 3 is 2.63 bits per heavy atom. The highest BCUT2D eigenvalue weighted by atomic mass is 16.5. The van der Waals surface area contributed by atoms with Crippen LogP contribution in [0.5, 0.6) is 0 Å². The van der Waals surface area contributed by atoms with Crippen LogP contribution in [0, 0.1) is 5.92 Å². The van der Waals surface area contributed by atoms with E-state index >= 15 is 0 Å². The molecule has 0 spiro atoms. The Morgan fingerprint density at radius 2 is 2.03 bits per heavy atom. The van der Waals surface area contributed by atoms with Gasteiger partial charge in [0.1, 0.15) is 5.69 Å². The minimum atomic E-state index is 0.0136. The van der Waals surface area contributed by atoms with Crippen molar-refractivity contribution in [1.29, 1.82) is 0 Å². The molecule has 3 aromatic rings. The number of aldehydes is 1. The molecule has 1 aliphatic heterocycles. The molecule has 11 heteroatoms. The van der Waals surface area contributed by atoms with E-state index in [2.05, 4.69) is 26.9 Å². The Hall–Kier alpha value is -3.31. The molecule has 5 rings (SSSR count). The first kappa shape index (κ1) is 27.7. The minimum Gasteiger partial charge on any atom is -0.377 e. The van der Waals surface area contributed by atoms with Gasteiger partial charge in [-0.25, -0.2) is 14.3 Å². The molecule has 2 fully saturated rings. The number of nitrogens with one attached hydrogen (secondary N) is 2. The van der Waals surface area contributed by atoms with Crippen LogP contribution in [-0.2, 0) is 4.74 Å². The summed E-state index contributed by atoms with van der Waals surface area (Å²) < 4.78 is 9.25. The summed E-state index contributed by atoms with van der Waals surface area (Å²) in [5, 5.41) is 14.8. The largest absolute Gasteiger partial charge is 0.377 e. The van der Waals surface area contributed by atoms with Gasteiger partial charge in [0.2, 0.25) is 0 Å². The molecule has 4 heterocycles. The monoisotopic (exact) mass is 524 g/mol. The number of aromatic nitrogens is 5. The Balaban J connectivity index is 0.000000283. The second-order valence-electron chi connectivity index (χ2n) is 10.5. The normalized spacial score (nSPS) is 17.3. The molecular formula is C27H40N8O3. The third kappa shape index (κ3) is 6.57. The van der Waals surface area contributed by atoms with Gasteiger partial charge in [-0.15, -0.1) is 0 Å². The van der Waals surface area contributed by atoms with Crippen molar-refractivity contribution in [2.45, 2.75) is 71.2 Å². The van der Waals surface area contributed by atoms with Gasteiger partial charge in [0, 0.05) is 25.3 Å². The lowest BCUT2D eigenvalue weighted by Gasteiger charge is -2.35. The number of carbonyl (C=O) groups is 2. The quantitative estimate of drug-likeness (QED) is 0.389. The summed E-state index contributed by atoms with van der Waals surface area (Å²) in [7, 11) is 1.91. The van der Waals surface area contributed by atoms with Crippen molar-refractivity contribution >= 4 is 18.0 Å². The third-order valence-corrected chi connectivity index (χ3v) is 6.83. The van der Waals surface area contributed by atoms with E-state index in [9.17, 15) is 9.59 Å². The van der Waals surface area contributed by atoms with Gasteiger partial charge in [-0.2, -0.15) is 10.2 Å². The average Bonchev–Trinajstić information content (AvgIpc) is 3.44. The number of fused-ring (bicyclic) bond motifs is 1. The second kappa shape index (κ2) is 12.5. The number of imidazole rings is 1. The summed E-state index contributed by atoms with van der Waals surface area (Å²) in [6, 6.07) is 4.18. The fourth-order valence-electron chi connectivity index (χ4n) is 4.73. The number of hydrogen-bond acceptors (Lipinski definition) is 7. The molecule has 2 atom stereocenters. The van der Waals surface area contributed by atoms with Crippen molar-refractivity contribution in [3.8, 4) is 0 Å². The van der Waals surface area contributed by atoms with Crippen LogP contribution in [-0.4, -0.2) is 74.4 Å². The molecule has 0 aromatic carbocycles. The standard InChI is InChI=1S/C20H30N6O2.C7H10N2O/c1-13(2)28-12-17(21-3)16-11-26-18(24-16)9-15(10-23-26)19(14-5-6-14)25-8-4-7-22-20(25)27;1-6(2)9-7(5-10)3-4-8-9/h9-11,13-14,17,19,21H,4-8,12H2,1-3H3,(H,22,27);3-6H,1-2H3. The van der Waals surface area contributed by atoms with Gasteiger partial charge >= 0.3 is 6.03 Å². The number of nitrogens with zero attached hydrogens (tertiary/aromatic N) is 6. The fraction of sp³-hybridized carbons (Fsp3) is 0.593. The van der Waals surface area contributed by atoms with E-state index < -0.39 is 0 Å². The molecule has 1 saturated heterocycles. The van der Waals surface area contributed by atoms with E-state index in [-0.39, 0.29) is 30.3 Å². The molecule has 2 unspecified atom stereocenters. The number of hydrogen-bond donors (Lipinski definition) is 2. The van der Waals surface area contributed by atoms with Gasteiger partial charge in [-0.3, -0.25) is 9.48 Å². The van der Waals surface area contributed by atoms with Gasteiger partial charge in [0.15, 0.2) is 11.9 Å². The van der Waals surface area contributed by atoms with Crippen LogP contribution in [0.25, 0.3) is 5.65 Å². The van der Waals surface area contributed by atoms with E-state index in [1.807, 2.05) is 52.0 Å². The number of likely N-dealkylation sites (N-methyl/N-ethyl adjacent to an activating group) is 1. The van der Waals surface area contributed by atoms with E-state index in [0.717, 1.165) is 55.5 Å². The van der Waals surface area contributed by atoms with Crippen LogP contribution in [0.3, 0.4) is 0 Å². The average molecular weight is 525 g/mol. The van der Waals surface area contributed by atoms with Crippen molar-refractivity contribution < 1.29 is 14.3 Å². The molecule has 2 aliphatic rings. The first-order valence-corrected chi connectivity index (χ1v) is 13.5. The summed E-state index contributed by atoms with van der Waals surface area (Å²) in [5.74, 6) is 0.520. The lowest BCUT2D eigenvalue weighted by molar-refractivity contribution is 0.0619. The Kier molecular flexibility index (Phi) is 9.11. The number of rotatable bonds is 10. The molecular weight excluding hydrogens is 484 g/mol. The van der Waals surface area contributed by atoms with Gasteiger partial charge < -0.3 is 20.3 Å². The van der Waals surface area contributed by atoms with Crippen LogP contribution < -0.4 is 10.6 Å². The van der Waals surface area contributed by atoms with Gasteiger partial charge in [0.05, 0.1) is 42.9 Å². The van der Waals surface area contributed by atoms with E-state index in [1.165, 1.54) is 0 Å². The molecule has 3 aromatic heterocycles. The number of carbonyl (C=O) groups excluding carboxylic acids is 2. The molecule has 2 amide bonds. The third-order valence-electron chi connectivity index (χ3n) is 6.83. The SMILES string of the molecule is CC(C)n1nccc1C=O.CNC(COC(C)C)c1cn2ncc(C(C3CC3)N3CCCNC3=O)cc2n1.